The molecule has 0 nitrogen and oxygen atoms in total. The van der Waals surface area contributed by atoms with Crippen molar-refractivity contribution < 1.29 is 0 Å². The molecule has 3 heteroatoms. The molecule has 0 unspecified atom stereocenters. The zero-order chi connectivity index (χ0) is 6.85. The molecule has 0 fully saturated rings. The minimum absolute atomic E-state index is 0.742. The number of hydrogen-bond donors (Lipinski definition) is 3. The van der Waals surface area contributed by atoms with Crippen molar-refractivity contribution in [1.29, 1.82) is 0 Å². The molecule has 0 amide bonds. The van der Waals surface area contributed by atoms with Crippen LogP contribution in [0.2, 0.25) is 0 Å². The largest absolute Gasteiger partial charge is 0.142 e. The number of benzene rings is 1. The molecular formula is C6H5S3. The Hall–Kier alpha value is 0.270. The van der Waals surface area contributed by atoms with Gasteiger partial charge in [-0.2, -0.15) is 0 Å². The van der Waals surface area contributed by atoms with Crippen LogP contribution in [0.5, 0.6) is 0 Å². The summed E-state index contributed by atoms with van der Waals surface area (Å²) in [6.45, 7) is 0. The van der Waals surface area contributed by atoms with Crippen LogP contribution in [-0.2, 0) is 0 Å². The first kappa shape index (κ1) is 7.38. The van der Waals surface area contributed by atoms with Crippen molar-refractivity contribution in [2.75, 3.05) is 0 Å². The average Bonchev–Trinajstić information content (AvgIpc) is 1.83. The molecule has 0 aliphatic rings. The second kappa shape index (κ2) is 2.90. The topological polar surface area (TPSA) is 0 Å². The second-order valence-corrected chi connectivity index (χ2v) is 2.94. The van der Waals surface area contributed by atoms with Gasteiger partial charge < -0.3 is 0 Å². The van der Waals surface area contributed by atoms with Crippen LogP contribution < -0.4 is 0 Å². The van der Waals surface area contributed by atoms with Gasteiger partial charge in [-0.1, -0.05) is 6.07 Å². The van der Waals surface area contributed by atoms with E-state index < -0.39 is 0 Å². The standard InChI is InChI=1S/C6H5S3/c7-4-2-1-3-5(8)6(4)9/h1-2,7-9H. The first-order chi connectivity index (χ1) is 4.22. The lowest BCUT2D eigenvalue weighted by Gasteiger charge is -1.97. The van der Waals surface area contributed by atoms with E-state index in [1.54, 1.807) is 6.07 Å². The predicted molar refractivity (Wildman–Crippen MR) is 47.0 cm³/mol. The Labute approximate surface area is 70.9 Å². The molecule has 0 heterocycles. The van der Waals surface area contributed by atoms with Gasteiger partial charge in [-0.05, 0) is 12.1 Å². The molecule has 0 saturated heterocycles. The molecule has 0 N–H and O–H groups in total. The van der Waals surface area contributed by atoms with Crippen LogP contribution >= 0.6 is 37.9 Å². The minimum atomic E-state index is 0.742. The van der Waals surface area contributed by atoms with Crippen molar-refractivity contribution in [3.05, 3.63) is 18.2 Å². The Morgan fingerprint density at radius 3 is 2.33 bits per heavy atom. The van der Waals surface area contributed by atoms with E-state index in [1.807, 2.05) is 6.07 Å². The van der Waals surface area contributed by atoms with E-state index in [0.29, 0.717) is 0 Å². The van der Waals surface area contributed by atoms with E-state index in [2.05, 4.69) is 44.0 Å². The number of rotatable bonds is 0. The summed E-state index contributed by atoms with van der Waals surface area (Å²) in [5.41, 5.74) is 0. The fourth-order valence-corrected chi connectivity index (χ4v) is 1.08. The molecule has 1 aromatic carbocycles. The van der Waals surface area contributed by atoms with E-state index in [-0.39, 0.29) is 0 Å². The smallest absolute Gasteiger partial charge is 0.0314 e. The Balaban J connectivity index is 3.25. The van der Waals surface area contributed by atoms with E-state index in [9.17, 15) is 0 Å². The summed E-state index contributed by atoms with van der Waals surface area (Å²) < 4.78 is 0. The van der Waals surface area contributed by atoms with Gasteiger partial charge in [0.05, 0.1) is 0 Å². The average molecular weight is 173 g/mol. The molecule has 0 atom stereocenters. The monoisotopic (exact) mass is 173 g/mol. The third kappa shape index (κ3) is 1.60. The van der Waals surface area contributed by atoms with Crippen LogP contribution in [0, 0.1) is 6.07 Å². The van der Waals surface area contributed by atoms with E-state index >= 15 is 0 Å². The molecule has 0 spiro atoms. The van der Waals surface area contributed by atoms with Gasteiger partial charge in [-0.25, -0.2) is 0 Å². The lowest BCUT2D eigenvalue weighted by molar-refractivity contribution is 1.13. The van der Waals surface area contributed by atoms with Crippen LogP contribution in [-0.4, -0.2) is 0 Å². The van der Waals surface area contributed by atoms with E-state index in [4.69, 9.17) is 0 Å². The molecule has 0 aromatic heterocycles. The molecule has 0 aliphatic carbocycles. The molecule has 0 aliphatic heterocycles. The first-order valence-corrected chi connectivity index (χ1v) is 3.67. The van der Waals surface area contributed by atoms with Crippen molar-refractivity contribution in [3.8, 4) is 0 Å². The van der Waals surface area contributed by atoms with Crippen LogP contribution in [0.15, 0.2) is 26.8 Å². The van der Waals surface area contributed by atoms with E-state index in [1.165, 1.54) is 0 Å². The maximum Gasteiger partial charge on any atom is 0.0314 e. The fourth-order valence-electron chi connectivity index (χ4n) is 0.468. The molecule has 1 radical (unpaired) electrons. The van der Waals surface area contributed by atoms with Crippen LogP contribution in [0.25, 0.3) is 0 Å². The minimum Gasteiger partial charge on any atom is -0.142 e. The molecule has 1 rings (SSSR count). The normalized spacial score (nSPS) is 9.67. The molecule has 1 aromatic rings. The number of thiol groups is 3. The van der Waals surface area contributed by atoms with Crippen LogP contribution in [0.1, 0.15) is 0 Å². The van der Waals surface area contributed by atoms with E-state index in [0.717, 1.165) is 14.7 Å². The number of hydrogen-bond acceptors (Lipinski definition) is 3. The van der Waals surface area contributed by atoms with Crippen molar-refractivity contribution in [3.63, 3.8) is 0 Å². The van der Waals surface area contributed by atoms with Gasteiger partial charge in [-0.3, -0.25) is 0 Å². The van der Waals surface area contributed by atoms with Gasteiger partial charge in [0.2, 0.25) is 0 Å². The van der Waals surface area contributed by atoms with Gasteiger partial charge >= 0.3 is 0 Å². The summed E-state index contributed by atoms with van der Waals surface area (Å²) in [6, 6.07) is 6.47. The highest BCUT2D eigenvalue weighted by Gasteiger charge is 1.95. The second-order valence-electron chi connectivity index (χ2n) is 1.56. The summed E-state index contributed by atoms with van der Waals surface area (Å²) in [7, 11) is 0. The highest BCUT2D eigenvalue weighted by atomic mass is 32.1. The highest BCUT2D eigenvalue weighted by molar-refractivity contribution is 7.85. The van der Waals surface area contributed by atoms with Crippen LogP contribution in [0.4, 0.5) is 0 Å². The molecule has 9 heavy (non-hydrogen) atoms. The Kier molecular flexibility index (Phi) is 2.38. The summed E-state index contributed by atoms with van der Waals surface area (Å²) >= 11 is 12.3. The summed E-state index contributed by atoms with van der Waals surface area (Å²) in [4.78, 5) is 2.36. The lowest BCUT2D eigenvalue weighted by Crippen LogP contribution is -1.72. The zero-order valence-electron chi connectivity index (χ0n) is 4.50. The van der Waals surface area contributed by atoms with Gasteiger partial charge in [0.1, 0.15) is 0 Å². The van der Waals surface area contributed by atoms with Gasteiger partial charge in [0, 0.05) is 14.7 Å². The third-order valence-corrected chi connectivity index (χ3v) is 2.47. The van der Waals surface area contributed by atoms with Crippen molar-refractivity contribution in [1.82, 2.24) is 0 Å². The Morgan fingerprint density at radius 2 is 1.89 bits per heavy atom. The Morgan fingerprint density at radius 1 is 1.22 bits per heavy atom. The van der Waals surface area contributed by atoms with Gasteiger partial charge in [0.25, 0.3) is 0 Å². The highest BCUT2D eigenvalue weighted by Crippen LogP contribution is 2.23. The first-order valence-electron chi connectivity index (χ1n) is 2.33. The molecule has 0 bridgehead atoms. The molecular weight excluding hydrogens is 168 g/mol. The SMILES string of the molecule is Sc1[c]ccc(S)c1S. The van der Waals surface area contributed by atoms with Gasteiger partial charge in [0.15, 0.2) is 0 Å². The lowest BCUT2D eigenvalue weighted by atomic mass is 10.4. The predicted octanol–water partition coefficient (Wildman–Crippen LogP) is 2.35. The van der Waals surface area contributed by atoms with Crippen molar-refractivity contribution >= 4 is 37.9 Å². The molecule has 47 valence electrons. The summed E-state index contributed by atoms with van der Waals surface area (Å²) in [6.07, 6.45) is 0. The van der Waals surface area contributed by atoms with Crippen molar-refractivity contribution in [2.24, 2.45) is 0 Å². The Bertz CT molecular complexity index is 199. The zero-order valence-corrected chi connectivity index (χ0v) is 7.18. The maximum absolute atomic E-state index is 4.13. The summed E-state index contributed by atoms with van der Waals surface area (Å²) in [5.74, 6) is 0. The summed E-state index contributed by atoms with van der Waals surface area (Å²) in [5, 5.41) is 0. The third-order valence-electron chi connectivity index (χ3n) is 0.928. The van der Waals surface area contributed by atoms with Crippen LogP contribution in [0.3, 0.4) is 0 Å². The van der Waals surface area contributed by atoms with Gasteiger partial charge in [-0.15, -0.1) is 37.9 Å². The fraction of sp³-hybridized carbons (Fsp3) is 0. The maximum atomic E-state index is 4.13. The van der Waals surface area contributed by atoms with Crippen molar-refractivity contribution in [2.45, 2.75) is 14.7 Å². The quantitative estimate of drug-likeness (QED) is 0.493. The molecule has 0 saturated carbocycles.